The standard InChI is InChI=1S/C22H32O7/c1-9-7-21-18(26)10(2)8-22(21,29-21)19(27)11(3)17(28-12(4)23)14-13(20(14,5)6)16(25)15(9)24/h7,10-11,13-18,24-26H,8H2,1-6H3/b9-7+/t10-,11+,13+,14-,15+,16+,17-,18-,21-,22-/m0/s1. The van der Waals surface area contributed by atoms with Crippen LogP contribution >= 0.6 is 0 Å². The number of hydrogen-bond acceptors (Lipinski definition) is 7. The van der Waals surface area contributed by atoms with E-state index in [1.54, 1.807) is 19.9 Å². The zero-order chi connectivity index (χ0) is 21.7. The topological polar surface area (TPSA) is 117 Å². The predicted octanol–water partition coefficient (Wildman–Crippen LogP) is 0.986. The highest BCUT2D eigenvalue weighted by molar-refractivity contribution is 5.96. The summed E-state index contributed by atoms with van der Waals surface area (Å²) >= 11 is 0. The largest absolute Gasteiger partial charge is 0.461 e. The van der Waals surface area contributed by atoms with Crippen LogP contribution in [0.15, 0.2) is 11.6 Å². The molecule has 3 N–H and O–H groups in total. The van der Waals surface area contributed by atoms with Crippen molar-refractivity contribution in [3.05, 3.63) is 11.6 Å². The molecule has 29 heavy (non-hydrogen) atoms. The van der Waals surface area contributed by atoms with Gasteiger partial charge in [-0.2, -0.15) is 0 Å². The maximum absolute atomic E-state index is 13.7. The molecule has 0 radical (unpaired) electrons. The van der Waals surface area contributed by atoms with Gasteiger partial charge in [-0.15, -0.1) is 0 Å². The fourth-order valence-electron chi connectivity index (χ4n) is 6.41. The first kappa shape index (κ1) is 21.0. The van der Waals surface area contributed by atoms with Gasteiger partial charge in [0, 0.05) is 18.8 Å². The fraction of sp³-hybridized carbons (Fsp3) is 0.818. The van der Waals surface area contributed by atoms with E-state index in [0.717, 1.165) is 0 Å². The van der Waals surface area contributed by atoms with Crippen LogP contribution in [-0.4, -0.2) is 62.7 Å². The Labute approximate surface area is 171 Å². The third-order valence-corrected chi connectivity index (χ3v) is 8.08. The van der Waals surface area contributed by atoms with Gasteiger partial charge in [-0.1, -0.05) is 27.7 Å². The Balaban J connectivity index is 1.83. The Morgan fingerprint density at radius 2 is 1.83 bits per heavy atom. The minimum Gasteiger partial charge on any atom is -0.461 e. The zero-order valence-electron chi connectivity index (χ0n) is 17.9. The zero-order valence-corrected chi connectivity index (χ0v) is 17.9. The lowest BCUT2D eigenvalue weighted by Gasteiger charge is -2.26. The molecule has 2 saturated carbocycles. The normalized spacial score (nSPS) is 54.8. The maximum atomic E-state index is 13.7. The van der Waals surface area contributed by atoms with Gasteiger partial charge in [-0.05, 0) is 36.3 Å². The Morgan fingerprint density at radius 1 is 1.21 bits per heavy atom. The minimum absolute atomic E-state index is 0.161. The molecule has 1 aliphatic heterocycles. The highest BCUT2D eigenvalue weighted by atomic mass is 16.7. The highest BCUT2D eigenvalue weighted by Crippen LogP contribution is 2.67. The third-order valence-electron chi connectivity index (χ3n) is 8.08. The Bertz CT molecular complexity index is 788. The van der Waals surface area contributed by atoms with E-state index in [-0.39, 0.29) is 23.5 Å². The van der Waals surface area contributed by atoms with Crippen LogP contribution in [0.25, 0.3) is 0 Å². The molecule has 3 fully saturated rings. The van der Waals surface area contributed by atoms with Gasteiger partial charge in [0.2, 0.25) is 0 Å². The van der Waals surface area contributed by atoms with Crippen molar-refractivity contribution in [3.8, 4) is 0 Å². The van der Waals surface area contributed by atoms with Crippen molar-refractivity contribution in [1.82, 2.24) is 0 Å². The van der Waals surface area contributed by atoms with Crippen molar-refractivity contribution in [1.29, 1.82) is 0 Å². The van der Waals surface area contributed by atoms with Crippen molar-refractivity contribution in [3.63, 3.8) is 0 Å². The van der Waals surface area contributed by atoms with Gasteiger partial charge in [0.25, 0.3) is 0 Å². The summed E-state index contributed by atoms with van der Waals surface area (Å²) in [6, 6.07) is 0. The number of Topliss-reactive ketones (excluding diaryl/α,β-unsaturated/α-hetero) is 1. The van der Waals surface area contributed by atoms with Gasteiger partial charge in [-0.25, -0.2) is 0 Å². The summed E-state index contributed by atoms with van der Waals surface area (Å²) < 4.78 is 11.6. The molecule has 0 aromatic carbocycles. The monoisotopic (exact) mass is 408 g/mol. The van der Waals surface area contributed by atoms with E-state index in [9.17, 15) is 24.9 Å². The number of ether oxygens (including phenoxy) is 2. The second-order valence-electron chi connectivity index (χ2n) is 10.3. The lowest BCUT2D eigenvalue weighted by molar-refractivity contribution is -0.154. The number of hydrogen-bond donors (Lipinski definition) is 3. The SMILES string of the molecule is CC(=O)O[C@@H]1[C@@H]2[C@H]([C@@H](O)[C@H](O)/C(C)=C/[C@@]34O[C@@]3(C[C@H](C)[C@@H]4O)C(=O)[C@@H]1C)C2(C)C. The van der Waals surface area contributed by atoms with E-state index in [1.807, 2.05) is 20.8 Å². The molecule has 0 amide bonds. The average molecular weight is 408 g/mol. The lowest BCUT2D eigenvalue weighted by atomic mass is 9.80. The average Bonchev–Trinajstić information content (AvgIpc) is 3.43. The second kappa shape index (κ2) is 6.13. The number of fused-ring (bicyclic) bond motifs is 1. The first-order valence-electron chi connectivity index (χ1n) is 10.5. The van der Waals surface area contributed by atoms with Crippen LogP contribution in [0.2, 0.25) is 0 Å². The Morgan fingerprint density at radius 3 is 2.41 bits per heavy atom. The molecule has 7 nitrogen and oxygen atoms in total. The molecule has 10 atom stereocenters. The molecule has 1 saturated heterocycles. The van der Waals surface area contributed by atoms with Crippen LogP contribution < -0.4 is 0 Å². The van der Waals surface area contributed by atoms with E-state index in [2.05, 4.69) is 0 Å². The summed E-state index contributed by atoms with van der Waals surface area (Å²) in [4.78, 5) is 25.5. The van der Waals surface area contributed by atoms with Crippen LogP contribution in [0, 0.1) is 29.1 Å². The molecule has 7 heteroatoms. The van der Waals surface area contributed by atoms with Crippen LogP contribution in [0.1, 0.15) is 48.0 Å². The molecule has 0 unspecified atom stereocenters. The smallest absolute Gasteiger partial charge is 0.302 e. The first-order chi connectivity index (χ1) is 13.3. The Hall–Kier alpha value is -1.28. The van der Waals surface area contributed by atoms with Crippen molar-refractivity contribution >= 4 is 11.8 Å². The van der Waals surface area contributed by atoms with Crippen LogP contribution in [0.3, 0.4) is 0 Å². The maximum Gasteiger partial charge on any atom is 0.302 e. The van der Waals surface area contributed by atoms with Gasteiger partial charge in [-0.3, -0.25) is 9.59 Å². The number of aliphatic hydroxyl groups is 3. The number of epoxide rings is 1. The summed E-state index contributed by atoms with van der Waals surface area (Å²) in [6.45, 7) is 10.5. The quantitative estimate of drug-likeness (QED) is 0.336. The van der Waals surface area contributed by atoms with Crippen LogP contribution in [0.5, 0.6) is 0 Å². The molecule has 162 valence electrons. The molecule has 0 aromatic heterocycles. The summed E-state index contributed by atoms with van der Waals surface area (Å²) in [5.74, 6) is -2.10. The van der Waals surface area contributed by atoms with Gasteiger partial charge < -0.3 is 24.8 Å². The van der Waals surface area contributed by atoms with Crippen LogP contribution in [0.4, 0.5) is 0 Å². The van der Waals surface area contributed by atoms with Crippen molar-refractivity contribution in [2.75, 3.05) is 0 Å². The van der Waals surface area contributed by atoms with E-state index in [0.29, 0.717) is 12.0 Å². The van der Waals surface area contributed by atoms with Gasteiger partial charge in [0.1, 0.15) is 12.2 Å². The molecular weight excluding hydrogens is 376 g/mol. The predicted molar refractivity (Wildman–Crippen MR) is 103 cm³/mol. The highest BCUT2D eigenvalue weighted by Gasteiger charge is 2.82. The molecule has 0 bridgehead atoms. The van der Waals surface area contributed by atoms with E-state index in [1.165, 1.54) is 6.92 Å². The molecular formula is C22H32O7. The number of ketones is 1. The summed E-state index contributed by atoms with van der Waals surface area (Å²) in [5, 5.41) is 32.6. The summed E-state index contributed by atoms with van der Waals surface area (Å²) in [5.41, 5.74) is -2.32. The Kier molecular flexibility index (Phi) is 4.43. The van der Waals surface area contributed by atoms with Gasteiger partial charge >= 0.3 is 5.97 Å². The van der Waals surface area contributed by atoms with E-state index >= 15 is 0 Å². The molecule has 4 aliphatic rings. The summed E-state index contributed by atoms with van der Waals surface area (Å²) in [7, 11) is 0. The van der Waals surface area contributed by atoms with Gasteiger partial charge in [0.15, 0.2) is 17.0 Å². The fourth-order valence-corrected chi connectivity index (χ4v) is 6.41. The van der Waals surface area contributed by atoms with Crippen molar-refractivity contribution < 1.29 is 34.4 Å². The van der Waals surface area contributed by atoms with Gasteiger partial charge in [0.05, 0.1) is 18.1 Å². The van der Waals surface area contributed by atoms with Crippen LogP contribution in [-0.2, 0) is 19.1 Å². The third kappa shape index (κ3) is 2.57. The number of rotatable bonds is 1. The molecule has 4 rings (SSSR count). The van der Waals surface area contributed by atoms with E-state index in [4.69, 9.17) is 9.47 Å². The van der Waals surface area contributed by atoms with E-state index < -0.39 is 52.9 Å². The van der Waals surface area contributed by atoms with Crippen molar-refractivity contribution in [2.24, 2.45) is 29.1 Å². The molecule has 0 spiro atoms. The summed E-state index contributed by atoms with van der Waals surface area (Å²) in [6.07, 6.45) is -1.86. The number of carbonyl (C=O) groups excluding carboxylic acids is 2. The van der Waals surface area contributed by atoms with Crippen molar-refractivity contribution in [2.45, 2.75) is 83.6 Å². The lowest BCUT2D eigenvalue weighted by Crippen LogP contribution is -2.43. The molecule has 0 aromatic rings. The number of carbonyl (C=O) groups is 2. The molecule has 1 heterocycles. The second-order valence-corrected chi connectivity index (χ2v) is 10.3. The minimum atomic E-state index is -1.20. The number of aliphatic hydroxyl groups excluding tert-OH is 3. The number of esters is 1. The molecule has 3 aliphatic carbocycles. The first-order valence-corrected chi connectivity index (χ1v) is 10.5.